The highest BCUT2D eigenvalue weighted by Gasteiger charge is 2.09. The fourth-order valence-electron chi connectivity index (χ4n) is 1.09. The lowest BCUT2D eigenvalue weighted by molar-refractivity contribution is 0.777. The van der Waals surface area contributed by atoms with Gasteiger partial charge in [0.2, 0.25) is 0 Å². The van der Waals surface area contributed by atoms with Crippen LogP contribution < -0.4 is 0 Å². The molecule has 2 rings (SSSR count). The number of hydrogen-bond donors (Lipinski definition) is 0. The second-order valence-electron chi connectivity index (χ2n) is 2.41. The predicted octanol–water partition coefficient (Wildman–Crippen LogP) is 2.23. The molecule has 2 heterocycles. The van der Waals surface area contributed by atoms with Crippen LogP contribution in [0.25, 0.3) is 11.0 Å². The molecule has 12 heavy (non-hydrogen) atoms. The van der Waals surface area contributed by atoms with Gasteiger partial charge in [0.1, 0.15) is 3.70 Å². The highest BCUT2D eigenvalue weighted by atomic mass is 127. The van der Waals surface area contributed by atoms with Crippen molar-refractivity contribution >= 4 is 45.2 Å². The molecule has 0 amide bonds. The lowest BCUT2D eigenvalue weighted by atomic mass is 10.4. The number of hydrogen-bond acceptors (Lipinski definition) is 2. The van der Waals surface area contributed by atoms with Gasteiger partial charge in [0.15, 0.2) is 5.65 Å². The topological polar surface area (TPSA) is 30.7 Å². The molecule has 0 radical (unpaired) electrons. The molecule has 2 aromatic rings. The molecule has 0 atom stereocenters. The van der Waals surface area contributed by atoms with E-state index >= 15 is 0 Å². The zero-order chi connectivity index (χ0) is 8.72. The normalized spacial score (nSPS) is 10.9. The van der Waals surface area contributed by atoms with Crippen molar-refractivity contribution in [2.24, 2.45) is 7.05 Å². The van der Waals surface area contributed by atoms with E-state index in [9.17, 15) is 0 Å². The van der Waals surface area contributed by atoms with Gasteiger partial charge < -0.3 is 0 Å². The minimum atomic E-state index is 0.706. The monoisotopic (exact) mass is 293 g/mol. The molecule has 0 bridgehead atoms. The molecule has 0 N–H and O–H groups in total. The van der Waals surface area contributed by atoms with Gasteiger partial charge in [0, 0.05) is 13.2 Å². The van der Waals surface area contributed by atoms with Gasteiger partial charge in [-0.3, -0.25) is 0 Å². The number of nitrogens with zero attached hydrogens (tertiary/aromatic N) is 3. The first-order valence-electron chi connectivity index (χ1n) is 3.33. The number of fused-ring (bicyclic) bond motifs is 1. The van der Waals surface area contributed by atoms with Crippen LogP contribution in [0.5, 0.6) is 0 Å². The van der Waals surface area contributed by atoms with Crippen LogP contribution in [0.15, 0.2) is 12.3 Å². The van der Waals surface area contributed by atoms with Crippen LogP contribution >= 0.6 is 34.2 Å². The summed E-state index contributed by atoms with van der Waals surface area (Å²) in [5.74, 6) is 0. The minimum absolute atomic E-state index is 0.706. The smallest absolute Gasteiger partial charge is 0.160 e. The molecule has 0 aromatic carbocycles. The maximum Gasteiger partial charge on any atom is 0.160 e. The summed E-state index contributed by atoms with van der Waals surface area (Å²) in [5.41, 5.74) is 0.826. The summed E-state index contributed by atoms with van der Waals surface area (Å²) >= 11 is 8.13. The first-order chi connectivity index (χ1) is 5.70. The van der Waals surface area contributed by atoms with Crippen molar-refractivity contribution in [1.82, 2.24) is 14.8 Å². The summed E-state index contributed by atoms with van der Waals surface area (Å²) in [4.78, 5) is 4.17. The molecule has 0 saturated heterocycles. The molecule has 5 heteroatoms. The Kier molecular flexibility index (Phi) is 1.96. The SMILES string of the molecule is Cn1nc(I)c2c(Cl)ccnc21. The number of pyridine rings is 1. The Labute approximate surface area is 87.9 Å². The molecule has 0 aliphatic carbocycles. The lowest BCUT2D eigenvalue weighted by Gasteiger charge is -1.92. The highest BCUT2D eigenvalue weighted by molar-refractivity contribution is 14.1. The average Bonchev–Trinajstić information content (AvgIpc) is 2.29. The van der Waals surface area contributed by atoms with E-state index < -0.39 is 0 Å². The first-order valence-corrected chi connectivity index (χ1v) is 4.78. The summed E-state index contributed by atoms with van der Waals surface area (Å²) in [5, 5.41) is 5.85. The quantitative estimate of drug-likeness (QED) is 0.697. The van der Waals surface area contributed by atoms with E-state index in [0.717, 1.165) is 14.7 Å². The van der Waals surface area contributed by atoms with E-state index in [2.05, 4.69) is 32.7 Å². The summed E-state index contributed by atoms with van der Waals surface area (Å²) in [7, 11) is 1.85. The van der Waals surface area contributed by atoms with E-state index in [1.54, 1.807) is 16.9 Å². The number of aromatic nitrogens is 3. The van der Waals surface area contributed by atoms with Gasteiger partial charge in [-0.1, -0.05) is 11.6 Å². The van der Waals surface area contributed by atoms with Gasteiger partial charge in [-0.15, -0.1) is 0 Å². The molecule has 3 nitrogen and oxygen atoms in total. The van der Waals surface area contributed by atoms with Crippen LogP contribution in [0.3, 0.4) is 0 Å². The van der Waals surface area contributed by atoms with Gasteiger partial charge in [0.25, 0.3) is 0 Å². The third-order valence-corrected chi connectivity index (χ3v) is 2.70. The van der Waals surface area contributed by atoms with Gasteiger partial charge in [-0.2, -0.15) is 5.10 Å². The van der Waals surface area contributed by atoms with Crippen molar-refractivity contribution in [3.63, 3.8) is 0 Å². The van der Waals surface area contributed by atoms with Crippen LogP contribution in [-0.2, 0) is 7.05 Å². The standard InChI is InChI=1S/C7H5ClIN3/c1-12-7-5(6(9)11-12)4(8)2-3-10-7/h2-3H,1H3. The highest BCUT2D eigenvalue weighted by Crippen LogP contribution is 2.25. The zero-order valence-corrected chi connectivity index (χ0v) is 9.17. The fraction of sp³-hybridized carbons (Fsp3) is 0.143. The Bertz CT molecular complexity index is 437. The molecule has 0 aliphatic heterocycles. The van der Waals surface area contributed by atoms with Gasteiger partial charge in [0.05, 0.1) is 10.4 Å². The van der Waals surface area contributed by atoms with Crippen molar-refractivity contribution in [1.29, 1.82) is 0 Å². The van der Waals surface area contributed by atoms with E-state index in [-0.39, 0.29) is 0 Å². The number of halogens is 2. The Hall–Kier alpha value is -0.360. The third-order valence-electron chi connectivity index (χ3n) is 1.63. The molecular formula is C7H5ClIN3. The second kappa shape index (κ2) is 2.85. The van der Waals surface area contributed by atoms with E-state index in [0.29, 0.717) is 5.02 Å². The summed E-state index contributed by atoms with van der Waals surface area (Å²) in [6.45, 7) is 0. The molecule has 2 aromatic heterocycles. The lowest BCUT2D eigenvalue weighted by Crippen LogP contribution is -1.90. The largest absolute Gasteiger partial charge is 0.249 e. The van der Waals surface area contributed by atoms with Crippen molar-refractivity contribution in [3.05, 3.63) is 21.0 Å². The molecule has 0 fully saturated rings. The van der Waals surface area contributed by atoms with Gasteiger partial charge in [-0.25, -0.2) is 9.67 Å². The van der Waals surface area contributed by atoms with Gasteiger partial charge in [-0.05, 0) is 28.7 Å². The molecule has 0 spiro atoms. The van der Waals surface area contributed by atoms with E-state index in [1.807, 2.05) is 7.05 Å². The first kappa shape index (κ1) is 8.25. The minimum Gasteiger partial charge on any atom is -0.249 e. The number of rotatable bonds is 0. The van der Waals surface area contributed by atoms with Crippen LogP contribution in [0, 0.1) is 3.70 Å². The van der Waals surface area contributed by atoms with Crippen molar-refractivity contribution < 1.29 is 0 Å². The Morgan fingerprint density at radius 3 is 3.00 bits per heavy atom. The van der Waals surface area contributed by atoms with Crippen LogP contribution in [0.2, 0.25) is 5.02 Å². The zero-order valence-electron chi connectivity index (χ0n) is 6.25. The Morgan fingerprint density at radius 1 is 1.58 bits per heavy atom. The second-order valence-corrected chi connectivity index (χ2v) is 3.83. The summed E-state index contributed by atoms with van der Waals surface area (Å²) < 4.78 is 2.62. The average molecular weight is 293 g/mol. The maximum atomic E-state index is 5.98. The molecule has 62 valence electrons. The van der Waals surface area contributed by atoms with Gasteiger partial charge >= 0.3 is 0 Å². The molecule has 0 unspecified atom stereocenters. The number of aryl methyl sites for hydroxylation is 1. The van der Waals surface area contributed by atoms with Crippen LogP contribution in [0.4, 0.5) is 0 Å². The van der Waals surface area contributed by atoms with E-state index in [1.165, 1.54) is 0 Å². The predicted molar refractivity (Wildman–Crippen MR) is 56.2 cm³/mol. The molecular weight excluding hydrogens is 288 g/mol. The Balaban J connectivity index is 2.99. The van der Waals surface area contributed by atoms with E-state index in [4.69, 9.17) is 11.6 Å². The molecule has 0 saturated carbocycles. The van der Waals surface area contributed by atoms with Crippen molar-refractivity contribution in [3.8, 4) is 0 Å². The van der Waals surface area contributed by atoms with Crippen LogP contribution in [0.1, 0.15) is 0 Å². The summed E-state index contributed by atoms with van der Waals surface area (Å²) in [6.07, 6.45) is 1.68. The maximum absolute atomic E-state index is 5.98. The van der Waals surface area contributed by atoms with Crippen LogP contribution in [-0.4, -0.2) is 14.8 Å². The third kappa shape index (κ3) is 1.09. The van der Waals surface area contributed by atoms with Crippen molar-refractivity contribution in [2.75, 3.05) is 0 Å². The summed E-state index contributed by atoms with van der Waals surface area (Å²) in [6, 6.07) is 1.77. The molecule has 0 aliphatic rings. The van der Waals surface area contributed by atoms with Crippen molar-refractivity contribution in [2.45, 2.75) is 0 Å². The Morgan fingerprint density at radius 2 is 2.33 bits per heavy atom. The fourth-order valence-corrected chi connectivity index (χ4v) is 2.34.